The number of aliphatic hydroxyl groups excluding tert-OH is 1. The predicted octanol–water partition coefficient (Wildman–Crippen LogP) is 4.38. The van der Waals surface area contributed by atoms with Gasteiger partial charge in [0.15, 0.2) is 0 Å². The Kier molecular flexibility index (Phi) is 7.26. The minimum atomic E-state index is -0.784. The van der Waals surface area contributed by atoms with E-state index in [-0.39, 0.29) is 16.4 Å². The molecule has 0 spiro atoms. The highest BCUT2D eigenvalue weighted by atomic mass is 35.5. The molecule has 1 unspecified atom stereocenters. The molecule has 1 N–H and O–H groups in total. The maximum Gasteiger partial charge on any atom is 0.295 e. The summed E-state index contributed by atoms with van der Waals surface area (Å²) in [6.45, 7) is 1.10. The second kappa shape index (κ2) is 9.73. The lowest BCUT2D eigenvalue weighted by Crippen LogP contribution is -2.32. The van der Waals surface area contributed by atoms with Crippen LogP contribution in [0.3, 0.4) is 0 Å². The molecule has 0 aliphatic carbocycles. The number of hydrogen-bond acceptors (Lipinski definition) is 5. The standard InChI is InChI=1S/C23H24Cl2N2O4/c1-26(2)11-6-12-27-20(15-7-4-5-8-18(15)31-3)19(22(29)23(27)30)21(28)14-9-10-16(24)17(25)13-14/h4-5,7-10,13,20,28H,6,11-12H2,1-3H3/b21-19+. The number of benzene rings is 2. The van der Waals surface area contributed by atoms with Crippen molar-refractivity contribution in [3.63, 3.8) is 0 Å². The summed E-state index contributed by atoms with van der Waals surface area (Å²) in [5.41, 5.74) is 0.925. The van der Waals surface area contributed by atoms with Crippen molar-refractivity contribution < 1.29 is 19.4 Å². The molecule has 0 bridgehead atoms. The van der Waals surface area contributed by atoms with Crippen molar-refractivity contribution in [1.29, 1.82) is 0 Å². The minimum absolute atomic E-state index is 0.00209. The molecule has 1 heterocycles. The number of carbonyl (C=O) groups excluding carboxylic acids is 2. The van der Waals surface area contributed by atoms with Crippen molar-refractivity contribution in [2.75, 3.05) is 34.3 Å². The number of para-hydroxylation sites is 1. The zero-order valence-electron chi connectivity index (χ0n) is 17.6. The second-order valence-corrected chi connectivity index (χ2v) is 8.33. The van der Waals surface area contributed by atoms with Gasteiger partial charge in [-0.2, -0.15) is 0 Å². The van der Waals surface area contributed by atoms with Gasteiger partial charge in [-0.3, -0.25) is 9.59 Å². The third-order valence-corrected chi connectivity index (χ3v) is 5.91. The van der Waals surface area contributed by atoms with Gasteiger partial charge in [0.25, 0.3) is 11.7 Å². The third-order valence-electron chi connectivity index (χ3n) is 5.17. The number of methoxy groups -OCH3 is 1. The Bertz CT molecular complexity index is 1040. The van der Waals surface area contributed by atoms with E-state index in [0.29, 0.717) is 34.9 Å². The first-order valence-corrected chi connectivity index (χ1v) is 10.5. The fourth-order valence-corrected chi connectivity index (χ4v) is 3.98. The average molecular weight is 463 g/mol. The molecule has 164 valence electrons. The van der Waals surface area contributed by atoms with Gasteiger partial charge in [-0.05, 0) is 51.3 Å². The predicted molar refractivity (Wildman–Crippen MR) is 122 cm³/mol. The van der Waals surface area contributed by atoms with Crippen LogP contribution in [0.25, 0.3) is 5.76 Å². The molecule has 0 saturated carbocycles. The van der Waals surface area contributed by atoms with Crippen molar-refractivity contribution in [3.05, 3.63) is 69.2 Å². The number of amides is 1. The summed E-state index contributed by atoms with van der Waals surface area (Å²) >= 11 is 12.1. The fraction of sp³-hybridized carbons (Fsp3) is 0.304. The Morgan fingerprint density at radius 2 is 1.84 bits per heavy atom. The quantitative estimate of drug-likeness (QED) is 0.375. The zero-order chi connectivity index (χ0) is 22.7. The van der Waals surface area contributed by atoms with Crippen LogP contribution in [0.1, 0.15) is 23.6 Å². The first-order valence-electron chi connectivity index (χ1n) is 9.77. The molecular weight excluding hydrogens is 439 g/mol. The van der Waals surface area contributed by atoms with Gasteiger partial charge in [-0.15, -0.1) is 0 Å². The van der Waals surface area contributed by atoms with Gasteiger partial charge in [0.2, 0.25) is 0 Å². The second-order valence-electron chi connectivity index (χ2n) is 7.52. The first kappa shape index (κ1) is 23.1. The van der Waals surface area contributed by atoms with E-state index in [1.54, 1.807) is 30.3 Å². The number of ether oxygens (including phenoxy) is 1. The van der Waals surface area contributed by atoms with E-state index in [1.807, 2.05) is 19.0 Å². The van der Waals surface area contributed by atoms with Crippen molar-refractivity contribution in [2.45, 2.75) is 12.5 Å². The molecule has 0 aromatic heterocycles. The summed E-state index contributed by atoms with van der Waals surface area (Å²) < 4.78 is 5.49. The van der Waals surface area contributed by atoms with Crippen molar-refractivity contribution in [3.8, 4) is 5.75 Å². The van der Waals surface area contributed by atoms with E-state index in [4.69, 9.17) is 27.9 Å². The summed E-state index contributed by atoms with van der Waals surface area (Å²) in [5, 5.41) is 11.6. The number of halogens is 2. The highest BCUT2D eigenvalue weighted by molar-refractivity contribution is 6.47. The molecule has 3 rings (SSSR count). The number of rotatable bonds is 7. The van der Waals surface area contributed by atoms with E-state index in [0.717, 1.165) is 6.54 Å². The zero-order valence-corrected chi connectivity index (χ0v) is 19.1. The average Bonchev–Trinajstić information content (AvgIpc) is 2.99. The number of ketones is 1. The molecule has 1 amide bonds. The topological polar surface area (TPSA) is 70.1 Å². The third kappa shape index (κ3) is 4.71. The molecular formula is C23H24Cl2N2O4. The van der Waals surface area contributed by atoms with Crippen LogP contribution in [-0.2, 0) is 9.59 Å². The van der Waals surface area contributed by atoms with Crippen LogP contribution in [0.5, 0.6) is 5.75 Å². The Balaban J connectivity index is 2.16. The lowest BCUT2D eigenvalue weighted by molar-refractivity contribution is -0.140. The van der Waals surface area contributed by atoms with Gasteiger partial charge in [0, 0.05) is 17.7 Å². The fourth-order valence-electron chi connectivity index (χ4n) is 3.68. The molecule has 2 aromatic carbocycles. The van der Waals surface area contributed by atoms with Crippen molar-refractivity contribution in [1.82, 2.24) is 9.80 Å². The molecule has 1 atom stereocenters. The van der Waals surface area contributed by atoms with Crippen LogP contribution in [0, 0.1) is 0 Å². The van der Waals surface area contributed by atoms with Crippen molar-refractivity contribution >= 4 is 40.7 Å². The Morgan fingerprint density at radius 1 is 1.13 bits per heavy atom. The summed E-state index contributed by atoms with van der Waals surface area (Å²) in [6, 6.07) is 10.9. The normalized spacial score (nSPS) is 18.1. The van der Waals surface area contributed by atoms with Crippen LogP contribution in [-0.4, -0.2) is 60.9 Å². The largest absolute Gasteiger partial charge is 0.507 e. The minimum Gasteiger partial charge on any atom is -0.507 e. The van der Waals surface area contributed by atoms with Crippen LogP contribution in [0.4, 0.5) is 0 Å². The number of carbonyl (C=O) groups is 2. The van der Waals surface area contributed by atoms with Gasteiger partial charge in [0.1, 0.15) is 11.5 Å². The lowest BCUT2D eigenvalue weighted by atomic mass is 9.94. The molecule has 0 radical (unpaired) electrons. The van der Waals surface area contributed by atoms with Crippen LogP contribution < -0.4 is 4.74 Å². The molecule has 1 fully saturated rings. The van der Waals surface area contributed by atoms with Crippen LogP contribution >= 0.6 is 23.2 Å². The van der Waals surface area contributed by atoms with Gasteiger partial charge in [-0.1, -0.05) is 41.4 Å². The summed E-state index contributed by atoms with van der Waals surface area (Å²) in [6.07, 6.45) is 0.665. The lowest BCUT2D eigenvalue weighted by Gasteiger charge is -2.27. The maximum absolute atomic E-state index is 13.0. The number of Topliss-reactive ketones (excluding diaryl/α,β-unsaturated/α-hetero) is 1. The van der Waals surface area contributed by atoms with E-state index in [1.165, 1.54) is 24.1 Å². The van der Waals surface area contributed by atoms with E-state index in [9.17, 15) is 14.7 Å². The summed E-state index contributed by atoms with van der Waals surface area (Å²) in [4.78, 5) is 29.5. The highest BCUT2D eigenvalue weighted by Crippen LogP contribution is 2.43. The number of likely N-dealkylation sites (tertiary alicyclic amines) is 1. The van der Waals surface area contributed by atoms with Gasteiger partial charge >= 0.3 is 0 Å². The van der Waals surface area contributed by atoms with E-state index < -0.39 is 17.7 Å². The number of nitrogens with zero attached hydrogens (tertiary/aromatic N) is 2. The maximum atomic E-state index is 13.0. The Labute approximate surface area is 191 Å². The number of hydrogen-bond donors (Lipinski definition) is 1. The molecule has 1 saturated heterocycles. The SMILES string of the molecule is COc1ccccc1C1/C(=C(\O)c2ccc(Cl)c(Cl)c2)C(=O)C(=O)N1CCCN(C)C. The molecule has 2 aromatic rings. The summed E-state index contributed by atoms with van der Waals surface area (Å²) in [5.74, 6) is -1.18. The van der Waals surface area contributed by atoms with Gasteiger partial charge < -0.3 is 19.6 Å². The smallest absolute Gasteiger partial charge is 0.295 e. The Hall–Kier alpha value is -2.54. The highest BCUT2D eigenvalue weighted by Gasteiger charge is 2.46. The molecule has 8 heteroatoms. The molecule has 6 nitrogen and oxygen atoms in total. The Morgan fingerprint density at radius 3 is 2.48 bits per heavy atom. The van der Waals surface area contributed by atoms with E-state index >= 15 is 0 Å². The van der Waals surface area contributed by atoms with Gasteiger partial charge in [-0.25, -0.2) is 0 Å². The molecule has 31 heavy (non-hydrogen) atoms. The van der Waals surface area contributed by atoms with E-state index in [2.05, 4.69) is 0 Å². The van der Waals surface area contributed by atoms with Crippen LogP contribution in [0.2, 0.25) is 10.0 Å². The molecule has 1 aliphatic rings. The number of aliphatic hydroxyl groups is 1. The summed E-state index contributed by atoms with van der Waals surface area (Å²) in [7, 11) is 5.40. The molecule has 1 aliphatic heterocycles. The first-order chi connectivity index (χ1) is 14.8. The van der Waals surface area contributed by atoms with Crippen LogP contribution in [0.15, 0.2) is 48.0 Å². The monoisotopic (exact) mass is 462 g/mol. The van der Waals surface area contributed by atoms with Gasteiger partial charge in [0.05, 0.1) is 28.8 Å². The van der Waals surface area contributed by atoms with Crippen molar-refractivity contribution in [2.24, 2.45) is 0 Å².